The maximum absolute atomic E-state index is 12.3. The molecular formula is C23H25N5O3S. The summed E-state index contributed by atoms with van der Waals surface area (Å²) in [6.07, 6.45) is 0. The Balaban J connectivity index is 1.59. The Morgan fingerprint density at radius 2 is 1.75 bits per heavy atom. The number of aromatic nitrogens is 3. The largest absolute Gasteiger partial charge is 0.427 e. The van der Waals surface area contributed by atoms with Crippen LogP contribution < -0.4 is 10.2 Å². The Morgan fingerprint density at radius 1 is 1.06 bits per heavy atom. The summed E-state index contributed by atoms with van der Waals surface area (Å²) in [7, 11) is 0. The van der Waals surface area contributed by atoms with Gasteiger partial charge in [0.15, 0.2) is 11.0 Å². The van der Waals surface area contributed by atoms with Gasteiger partial charge in [-0.15, -0.1) is 10.2 Å². The molecule has 0 unspecified atom stereocenters. The van der Waals surface area contributed by atoms with Gasteiger partial charge in [0, 0.05) is 19.0 Å². The quantitative estimate of drug-likeness (QED) is 0.184. The standard InChI is InChI=1S/C23H25N5O3S/c1-5-28-22(19-8-6-15(2)7-9-19)26-27-23(28)32-14-21(30)25-24-16(3)18-10-12-20(13-11-18)31-17(4)29/h6-13H,5,14H2,1-4H3,(H,25,30)/b24-16-. The van der Waals surface area contributed by atoms with Crippen molar-refractivity contribution in [1.29, 1.82) is 0 Å². The molecule has 1 aromatic heterocycles. The van der Waals surface area contributed by atoms with Crippen molar-refractivity contribution in [3.8, 4) is 17.1 Å². The van der Waals surface area contributed by atoms with Crippen LogP contribution in [0.25, 0.3) is 11.4 Å². The third-order valence-electron chi connectivity index (χ3n) is 4.56. The molecule has 0 bridgehead atoms. The zero-order valence-electron chi connectivity index (χ0n) is 18.5. The van der Waals surface area contributed by atoms with Gasteiger partial charge in [0.1, 0.15) is 5.75 Å². The molecule has 2 aromatic carbocycles. The van der Waals surface area contributed by atoms with Crippen LogP contribution in [0.3, 0.4) is 0 Å². The first-order chi connectivity index (χ1) is 15.4. The van der Waals surface area contributed by atoms with Crippen LogP contribution in [0.4, 0.5) is 0 Å². The van der Waals surface area contributed by atoms with Gasteiger partial charge in [0.25, 0.3) is 5.91 Å². The second kappa shape index (κ2) is 10.7. The molecule has 0 radical (unpaired) electrons. The molecule has 166 valence electrons. The molecule has 1 heterocycles. The summed E-state index contributed by atoms with van der Waals surface area (Å²) in [5.74, 6) is 0.779. The van der Waals surface area contributed by atoms with E-state index in [4.69, 9.17) is 4.74 Å². The second-order valence-corrected chi connectivity index (χ2v) is 8.00. The highest BCUT2D eigenvalue weighted by atomic mass is 32.2. The fraction of sp³-hybridized carbons (Fsp3) is 0.261. The number of nitrogens with zero attached hydrogens (tertiary/aromatic N) is 4. The number of carbonyl (C=O) groups is 2. The average molecular weight is 452 g/mol. The van der Waals surface area contributed by atoms with Gasteiger partial charge >= 0.3 is 5.97 Å². The van der Waals surface area contributed by atoms with Crippen LogP contribution in [0.2, 0.25) is 0 Å². The first kappa shape index (κ1) is 23.2. The summed E-state index contributed by atoms with van der Waals surface area (Å²) in [5, 5.41) is 13.4. The molecule has 0 saturated heterocycles. The van der Waals surface area contributed by atoms with E-state index in [1.807, 2.05) is 42.7 Å². The molecule has 0 aliphatic carbocycles. The Bertz CT molecular complexity index is 1120. The minimum absolute atomic E-state index is 0.161. The average Bonchev–Trinajstić information content (AvgIpc) is 3.19. The molecule has 3 rings (SSSR count). The highest BCUT2D eigenvalue weighted by Gasteiger charge is 2.14. The lowest BCUT2D eigenvalue weighted by Crippen LogP contribution is -2.21. The molecule has 0 aliphatic heterocycles. The summed E-state index contributed by atoms with van der Waals surface area (Å²) in [4.78, 5) is 23.3. The number of carbonyl (C=O) groups excluding carboxylic acids is 2. The van der Waals surface area contributed by atoms with Crippen LogP contribution in [0.5, 0.6) is 5.75 Å². The molecule has 0 spiro atoms. The summed E-state index contributed by atoms with van der Waals surface area (Å²) in [6, 6.07) is 15.0. The van der Waals surface area contributed by atoms with E-state index in [1.54, 1.807) is 31.2 Å². The first-order valence-corrected chi connectivity index (χ1v) is 11.1. The van der Waals surface area contributed by atoms with Crippen molar-refractivity contribution in [3.63, 3.8) is 0 Å². The van der Waals surface area contributed by atoms with Gasteiger partial charge in [-0.05, 0) is 50.6 Å². The van der Waals surface area contributed by atoms with Crippen LogP contribution in [0.15, 0.2) is 58.8 Å². The number of thioether (sulfide) groups is 1. The Labute approximate surface area is 191 Å². The SMILES string of the molecule is CCn1c(SCC(=O)N/N=C(/C)c2ccc(OC(C)=O)cc2)nnc1-c1ccc(C)cc1. The number of esters is 1. The number of hydrazone groups is 1. The predicted octanol–water partition coefficient (Wildman–Crippen LogP) is 3.83. The van der Waals surface area contributed by atoms with Gasteiger partial charge < -0.3 is 9.30 Å². The molecule has 1 amide bonds. The van der Waals surface area contributed by atoms with E-state index in [9.17, 15) is 9.59 Å². The number of benzene rings is 2. The molecule has 8 nitrogen and oxygen atoms in total. The number of hydrogen-bond donors (Lipinski definition) is 1. The van der Waals surface area contributed by atoms with Gasteiger partial charge in [-0.25, -0.2) is 5.43 Å². The van der Waals surface area contributed by atoms with Crippen molar-refractivity contribution < 1.29 is 14.3 Å². The predicted molar refractivity (Wildman–Crippen MR) is 125 cm³/mol. The molecule has 0 atom stereocenters. The number of nitrogens with one attached hydrogen (secondary N) is 1. The molecule has 9 heteroatoms. The van der Waals surface area contributed by atoms with E-state index in [1.165, 1.54) is 24.2 Å². The molecule has 32 heavy (non-hydrogen) atoms. The number of ether oxygens (including phenoxy) is 1. The highest BCUT2D eigenvalue weighted by molar-refractivity contribution is 7.99. The third-order valence-corrected chi connectivity index (χ3v) is 5.52. The molecular weight excluding hydrogens is 426 g/mol. The van der Waals surface area contributed by atoms with Crippen molar-refractivity contribution in [3.05, 3.63) is 59.7 Å². The lowest BCUT2D eigenvalue weighted by molar-refractivity contribution is -0.131. The van der Waals surface area contributed by atoms with E-state index in [0.717, 1.165) is 17.0 Å². The molecule has 0 aliphatic rings. The summed E-state index contributed by atoms with van der Waals surface area (Å²) >= 11 is 1.31. The zero-order valence-corrected chi connectivity index (χ0v) is 19.3. The lowest BCUT2D eigenvalue weighted by Gasteiger charge is -2.07. The highest BCUT2D eigenvalue weighted by Crippen LogP contribution is 2.24. The Kier molecular flexibility index (Phi) is 7.77. The van der Waals surface area contributed by atoms with Gasteiger partial charge in [0.05, 0.1) is 11.5 Å². The van der Waals surface area contributed by atoms with Crippen LogP contribution >= 0.6 is 11.8 Å². The van der Waals surface area contributed by atoms with Crippen molar-refractivity contribution >= 4 is 29.4 Å². The lowest BCUT2D eigenvalue weighted by atomic mass is 10.1. The van der Waals surface area contributed by atoms with E-state index in [2.05, 4.69) is 20.7 Å². The Hall–Kier alpha value is -3.46. The number of hydrogen-bond acceptors (Lipinski definition) is 7. The second-order valence-electron chi connectivity index (χ2n) is 7.06. The van der Waals surface area contributed by atoms with Crippen LogP contribution in [-0.2, 0) is 16.1 Å². The fourth-order valence-electron chi connectivity index (χ4n) is 2.90. The zero-order chi connectivity index (χ0) is 23.1. The van der Waals surface area contributed by atoms with Crippen molar-refractivity contribution in [2.75, 3.05) is 5.75 Å². The minimum Gasteiger partial charge on any atom is -0.427 e. The van der Waals surface area contributed by atoms with Crippen LogP contribution in [-0.4, -0.2) is 38.1 Å². The molecule has 0 saturated carbocycles. The Morgan fingerprint density at radius 3 is 2.38 bits per heavy atom. The smallest absolute Gasteiger partial charge is 0.308 e. The molecule has 3 aromatic rings. The van der Waals surface area contributed by atoms with Crippen molar-refractivity contribution in [1.82, 2.24) is 20.2 Å². The van der Waals surface area contributed by atoms with Gasteiger partial charge in [0.2, 0.25) is 0 Å². The van der Waals surface area contributed by atoms with Gasteiger partial charge in [-0.3, -0.25) is 9.59 Å². The summed E-state index contributed by atoms with van der Waals surface area (Å²) in [6.45, 7) is 7.89. The van der Waals surface area contributed by atoms with Gasteiger partial charge in [-0.1, -0.05) is 41.6 Å². The molecule has 0 fully saturated rings. The topological polar surface area (TPSA) is 98.5 Å². The fourth-order valence-corrected chi connectivity index (χ4v) is 3.69. The number of amides is 1. The normalized spacial score (nSPS) is 11.3. The van der Waals surface area contributed by atoms with Crippen molar-refractivity contribution in [2.24, 2.45) is 5.10 Å². The van der Waals surface area contributed by atoms with E-state index >= 15 is 0 Å². The van der Waals surface area contributed by atoms with E-state index in [-0.39, 0.29) is 17.6 Å². The first-order valence-electron chi connectivity index (χ1n) is 10.1. The third kappa shape index (κ3) is 6.04. The number of rotatable bonds is 8. The van der Waals surface area contributed by atoms with Gasteiger partial charge in [-0.2, -0.15) is 5.10 Å². The monoisotopic (exact) mass is 451 g/mol. The van der Waals surface area contributed by atoms with Crippen LogP contribution in [0, 0.1) is 6.92 Å². The summed E-state index contributed by atoms with van der Waals surface area (Å²) in [5.41, 5.74) is 6.18. The number of aryl methyl sites for hydroxylation is 1. The van der Waals surface area contributed by atoms with E-state index < -0.39 is 0 Å². The van der Waals surface area contributed by atoms with Crippen LogP contribution in [0.1, 0.15) is 31.9 Å². The minimum atomic E-state index is -0.377. The van der Waals surface area contributed by atoms with Crippen molar-refractivity contribution in [2.45, 2.75) is 39.4 Å². The maximum atomic E-state index is 12.3. The maximum Gasteiger partial charge on any atom is 0.308 e. The van der Waals surface area contributed by atoms with E-state index in [0.29, 0.717) is 23.2 Å². The molecule has 1 N–H and O–H groups in total. The summed E-state index contributed by atoms with van der Waals surface area (Å²) < 4.78 is 7.00.